The molecular weight excluding hydrogens is 256 g/mol. The van der Waals surface area contributed by atoms with Gasteiger partial charge in [-0.05, 0) is 43.6 Å². The minimum atomic E-state index is -0.536. The Hall–Kier alpha value is -0.870. The van der Waals surface area contributed by atoms with Gasteiger partial charge in [0.25, 0.3) is 0 Å². The van der Waals surface area contributed by atoms with Crippen molar-refractivity contribution >= 4 is 5.97 Å². The summed E-state index contributed by atoms with van der Waals surface area (Å²) in [7, 11) is 1.46. The van der Waals surface area contributed by atoms with E-state index in [-0.39, 0.29) is 23.1 Å². The SMILES string of the molecule is C=C1[C@@H](O)[C@H]2O[C@]23C[C@H]2C[C@](C)(C(=O)OC)C[C@H]2[C@]13C. The van der Waals surface area contributed by atoms with Crippen LogP contribution in [0.2, 0.25) is 0 Å². The molecule has 3 aliphatic carbocycles. The van der Waals surface area contributed by atoms with E-state index in [2.05, 4.69) is 13.5 Å². The van der Waals surface area contributed by atoms with Crippen LogP contribution in [0.3, 0.4) is 0 Å². The number of carbonyl (C=O) groups is 1. The molecule has 1 aliphatic heterocycles. The second-order valence-corrected chi connectivity index (χ2v) is 7.63. The lowest BCUT2D eigenvalue weighted by molar-refractivity contribution is -0.152. The first kappa shape index (κ1) is 12.8. The molecule has 110 valence electrons. The minimum absolute atomic E-state index is 0.0602. The minimum Gasteiger partial charge on any atom is -0.469 e. The first-order valence-corrected chi connectivity index (χ1v) is 7.44. The summed E-state index contributed by atoms with van der Waals surface area (Å²) in [6, 6.07) is 0. The Labute approximate surface area is 119 Å². The smallest absolute Gasteiger partial charge is 0.311 e. The summed E-state index contributed by atoms with van der Waals surface area (Å²) in [6.45, 7) is 8.34. The van der Waals surface area contributed by atoms with Crippen LogP contribution in [0.1, 0.15) is 33.1 Å². The number of methoxy groups -OCH3 is 1. The maximum atomic E-state index is 12.1. The molecule has 1 spiro atoms. The van der Waals surface area contributed by atoms with Crippen LogP contribution in [0, 0.1) is 22.7 Å². The Bertz CT molecular complexity index is 529. The summed E-state index contributed by atoms with van der Waals surface area (Å²) in [4.78, 5) is 12.1. The number of carbonyl (C=O) groups excluding carboxylic acids is 1. The monoisotopic (exact) mass is 278 g/mol. The predicted molar refractivity (Wildman–Crippen MR) is 71.8 cm³/mol. The van der Waals surface area contributed by atoms with Gasteiger partial charge in [0, 0.05) is 5.41 Å². The van der Waals surface area contributed by atoms with Gasteiger partial charge < -0.3 is 14.6 Å². The van der Waals surface area contributed by atoms with Gasteiger partial charge in [-0.15, -0.1) is 0 Å². The third kappa shape index (κ3) is 1.08. The maximum absolute atomic E-state index is 12.1. The standard InChI is InChI=1S/C16H22O4/c1-8-11(17)12-16(20-12)6-9-5-14(2,13(18)19-4)7-10(9)15(8,16)3/h9-12,17H,1,5-7H2,2-4H3/t9-,10-,11-,12-,14+,15+,16-/m1/s1. The Morgan fingerprint density at radius 2 is 2.10 bits per heavy atom. The van der Waals surface area contributed by atoms with Gasteiger partial charge in [-0.3, -0.25) is 4.79 Å². The van der Waals surface area contributed by atoms with Gasteiger partial charge in [0.15, 0.2) is 0 Å². The van der Waals surface area contributed by atoms with E-state index in [0.717, 1.165) is 24.8 Å². The molecule has 4 rings (SSSR count). The molecule has 3 saturated carbocycles. The number of fused-ring (bicyclic) bond motifs is 2. The molecule has 0 radical (unpaired) electrons. The second-order valence-electron chi connectivity index (χ2n) is 7.63. The lowest BCUT2D eigenvalue weighted by Gasteiger charge is -2.36. The summed E-state index contributed by atoms with van der Waals surface area (Å²) in [5.41, 5.74) is 0.131. The molecule has 1 saturated heterocycles. The van der Waals surface area contributed by atoms with Crippen LogP contribution in [0.25, 0.3) is 0 Å². The van der Waals surface area contributed by atoms with Crippen LogP contribution in [-0.4, -0.2) is 36.0 Å². The fourth-order valence-electron chi connectivity index (χ4n) is 5.77. The summed E-state index contributed by atoms with van der Waals surface area (Å²) in [5, 5.41) is 10.3. The highest BCUT2D eigenvalue weighted by Crippen LogP contribution is 2.77. The van der Waals surface area contributed by atoms with Gasteiger partial charge in [0.05, 0.1) is 12.5 Å². The van der Waals surface area contributed by atoms with E-state index in [1.165, 1.54) is 7.11 Å². The largest absolute Gasteiger partial charge is 0.469 e. The second kappa shape index (κ2) is 3.30. The lowest BCUT2D eigenvalue weighted by Crippen LogP contribution is -2.37. The van der Waals surface area contributed by atoms with Crippen LogP contribution < -0.4 is 0 Å². The zero-order valence-corrected chi connectivity index (χ0v) is 12.3. The van der Waals surface area contributed by atoms with E-state index in [1.54, 1.807) is 0 Å². The molecule has 0 aromatic carbocycles. The summed E-state index contributed by atoms with van der Waals surface area (Å²) in [5.74, 6) is 0.724. The highest BCUT2D eigenvalue weighted by atomic mass is 16.6. The predicted octanol–water partition coefficient (Wildman–Crippen LogP) is 1.67. The van der Waals surface area contributed by atoms with Crippen LogP contribution in [0.15, 0.2) is 12.2 Å². The molecule has 4 aliphatic rings. The van der Waals surface area contributed by atoms with Crippen molar-refractivity contribution in [1.29, 1.82) is 0 Å². The van der Waals surface area contributed by atoms with Gasteiger partial charge in [-0.25, -0.2) is 0 Å². The first-order valence-electron chi connectivity index (χ1n) is 7.44. The van der Waals surface area contributed by atoms with Crippen LogP contribution in [-0.2, 0) is 14.3 Å². The fourth-order valence-corrected chi connectivity index (χ4v) is 5.77. The molecule has 1 N–H and O–H groups in total. The normalized spacial score (nSPS) is 59.1. The molecule has 4 heteroatoms. The molecule has 4 nitrogen and oxygen atoms in total. The quantitative estimate of drug-likeness (QED) is 0.450. The molecule has 4 fully saturated rings. The molecular formula is C16H22O4. The van der Waals surface area contributed by atoms with Crippen molar-refractivity contribution < 1.29 is 19.4 Å². The maximum Gasteiger partial charge on any atom is 0.311 e. The van der Waals surface area contributed by atoms with E-state index in [1.807, 2.05) is 6.92 Å². The molecule has 0 aromatic heterocycles. The summed E-state index contributed by atoms with van der Waals surface area (Å²) >= 11 is 0. The molecule has 0 aromatic rings. The Balaban J connectivity index is 1.71. The number of ether oxygens (including phenoxy) is 2. The highest BCUT2D eigenvalue weighted by molar-refractivity contribution is 5.77. The molecule has 20 heavy (non-hydrogen) atoms. The Morgan fingerprint density at radius 1 is 1.40 bits per heavy atom. The molecule has 0 unspecified atom stereocenters. The third-order valence-electron chi connectivity index (χ3n) is 6.87. The van der Waals surface area contributed by atoms with Crippen LogP contribution in [0.4, 0.5) is 0 Å². The van der Waals surface area contributed by atoms with E-state index >= 15 is 0 Å². The van der Waals surface area contributed by atoms with E-state index in [0.29, 0.717) is 11.8 Å². The number of aliphatic hydroxyl groups excluding tert-OH is 1. The van der Waals surface area contributed by atoms with Crippen molar-refractivity contribution in [3.63, 3.8) is 0 Å². The van der Waals surface area contributed by atoms with Gasteiger partial charge in [-0.1, -0.05) is 13.5 Å². The van der Waals surface area contributed by atoms with Crippen LogP contribution >= 0.6 is 0 Å². The van der Waals surface area contributed by atoms with Gasteiger partial charge in [0.1, 0.15) is 17.8 Å². The van der Waals surface area contributed by atoms with E-state index in [4.69, 9.17) is 9.47 Å². The Kier molecular flexibility index (Phi) is 2.12. The fraction of sp³-hybridized carbons (Fsp3) is 0.812. The van der Waals surface area contributed by atoms with E-state index < -0.39 is 11.5 Å². The number of aliphatic hydroxyl groups is 1. The van der Waals surface area contributed by atoms with Crippen molar-refractivity contribution in [2.75, 3.05) is 7.11 Å². The highest BCUT2D eigenvalue weighted by Gasteiger charge is 2.83. The summed E-state index contributed by atoms with van der Waals surface area (Å²) in [6.07, 6.45) is 2.02. The summed E-state index contributed by atoms with van der Waals surface area (Å²) < 4.78 is 10.9. The van der Waals surface area contributed by atoms with Crippen molar-refractivity contribution in [1.82, 2.24) is 0 Å². The Morgan fingerprint density at radius 3 is 2.75 bits per heavy atom. The zero-order valence-electron chi connectivity index (χ0n) is 12.3. The zero-order chi connectivity index (χ0) is 14.5. The molecule has 7 atom stereocenters. The molecule has 1 heterocycles. The van der Waals surface area contributed by atoms with Gasteiger partial charge >= 0.3 is 5.97 Å². The van der Waals surface area contributed by atoms with Crippen molar-refractivity contribution in [3.05, 3.63) is 12.2 Å². The van der Waals surface area contributed by atoms with E-state index in [9.17, 15) is 9.90 Å². The van der Waals surface area contributed by atoms with Crippen molar-refractivity contribution in [2.45, 2.75) is 50.9 Å². The molecule has 0 amide bonds. The molecule has 0 bridgehead atoms. The van der Waals surface area contributed by atoms with Crippen molar-refractivity contribution in [3.8, 4) is 0 Å². The first-order chi connectivity index (χ1) is 9.30. The number of hydrogen-bond donors (Lipinski definition) is 1. The number of hydrogen-bond acceptors (Lipinski definition) is 4. The number of rotatable bonds is 1. The number of epoxide rings is 1. The number of esters is 1. The van der Waals surface area contributed by atoms with Crippen molar-refractivity contribution in [2.24, 2.45) is 22.7 Å². The lowest BCUT2D eigenvalue weighted by atomic mass is 9.69. The van der Waals surface area contributed by atoms with Gasteiger partial charge in [-0.2, -0.15) is 0 Å². The van der Waals surface area contributed by atoms with Gasteiger partial charge in [0.2, 0.25) is 0 Å². The average molecular weight is 278 g/mol. The average Bonchev–Trinajstić information content (AvgIpc) is 2.93. The topological polar surface area (TPSA) is 59.1 Å². The van der Waals surface area contributed by atoms with Crippen LogP contribution in [0.5, 0.6) is 0 Å². The third-order valence-corrected chi connectivity index (χ3v) is 6.87.